The van der Waals surface area contributed by atoms with Crippen molar-refractivity contribution in [2.45, 2.75) is 29.6 Å². The van der Waals surface area contributed by atoms with Gasteiger partial charge < -0.3 is 13.6 Å². The lowest BCUT2D eigenvalue weighted by molar-refractivity contribution is 0.386. The van der Waals surface area contributed by atoms with Gasteiger partial charge >= 0.3 is 0 Å². The maximum absolute atomic E-state index is 14.3. The first-order chi connectivity index (χ1) is 29.4. The van der Waals surface area contributed by atoms with E-state index in [2.05, 4.69) is 19.4 Å². The molecule has 2 N–H and O–H groups in total. The van der Waals surface area contributed by atoms with Gasteiger partial charge in [-0.15, -0.1) is 0 Å². The van der Waals surface area contributed by atoms with E-state index in [0.29, 0.717) is 47.0 Å². The Hall–Kier alpha value is -7.10. The van der Waals surface area contributed by atoms with E-state index >= 15 is 0 Å². The highest BCUT2D eigenvalue weighted by Gasteiger charge is 2.24. The number of aromatic nitrogens is 2. The molecule has 2 heterocycles. The Morgan fingerprint density at radius 3 is 1.36 bits per heavy atom. The Bertz CT molecular complexity index is 2970. The molecule has 0 saturated carbocycles. The zero-order chi connectivity index (χ0) is 43.0. The highest BCUT2D eigenvalue weighted by molar-refractivity contribution is 7.93. The van der Waals surface area contributed by atoms with Crippen LogP contribution in [0.2, 0.25) is 0 Å². The predicted octanol–water partition coefficient (Wildman–Crippen LogP) is 10.1. The van der Waals surface area contributed by atoms with E-state index < -0.39 is 25.9 Å². The molecule has 0 amide bonds. The van der Waals surface area contributed by atoms with Crippen LogP contribution >= 0.6 is 0 Å². The van der Waals surface area contributed by atoms with Gasteiger partial charge in [0.15, 0.2) is 11.6 Å². The summed E-state index contributed by atoms with van der Waals surface area (Å²) in [6, 6.07) is 43.7. The van der Waals surface area contributed by atoms with Gasteiger partial charge in [-0.3, -0.25) is 0 Å². The van der Waals surface area contributed by atoms with Crippen LogP contribution in [0.5, 0.6) is 5.75 Å². The number of rotatable bonds is 13. The van der Waals surface area contributed by atoms with Gasteiger partial charge in [0.05, 0.1) is 16.9 Å². The molecule has 0 unspecified atom stereocenters. The Labute approximate surface area is 351 Å². The van der Waals surface area contributed by atoms with Crippen molar-refractivity contribution in [2.24, 2.45) is 0 Å². The zero-order valence-electron chi connectivity index (χ0n) is 32.7. The van der Waals surface area contributed by atoms with Gasteiger partial charge in [0.2, 0.25) is 23.5 Å². The second-order valence-electron chi connectivity index (χ2n) is 13.5. The second kappa shape index (κ2) is 18.4. The highest BCUT2D eigenvalue weighted by Crippen LogP contribution is 2.34. The first-order valence-corrected chi connectivity index (χ1v) is 21.7. The third-order valence-electron chi connectivity index (χ3n) is 9.16. The van der Waals surface area contributed by atoms with E-state index in [1.54, 1.807) is 61.5 Å². The van der Waals surface area contributed by atoms with Crippen LogP contribution in [0.15, 0.2) is 176 Å². The molecule has 15 heteroatoms. The molecule has 6 aromatic carbocycles. The van der Waals surface area contributed by atoms with Gasteiger partial charge in [-0.05, 0) is 84.3 Å². The van der Waals surface area contributed by atoms with Gasteiger partial charge in [-0.1, -0.05) is 97.1 Å². The zero-order valence-corrected chi connectivity index (χ0v) is 34.4. The standard InChI is InChI=1S/C23H19FN2O4S.C23H19FN2O3S/c1-29-20-13-12-17(15-19(20)24)22-23(26-31(27,28)18-10-6-3-7-11-18)30-21(25-22)14-16-8-4-2-5-9-16;1-16-14-18(12-13-20(16)24)22-23(26-30(27,28)19-10-6-3-7-11-19)29-21(25-22)15-17-8-4-2-5-9-17/h2-13,15,26H,14H2,1H3;2-14,26H,15H2,1H3. The Morgan fingerprint density at radius 2 is 0.951 bits per heavy atom. The normalized spacial score (nSPS) is 11.3. The average Bonchev–Trinajstić information content (AvgIpc) is 3.85. The molecule has 0 atom stereocenters. The van der Waals surface area contributed by atoms with Crippen LogP contribution in [-0.2, 0) is 32.9 Å². The maximum atomic E-state index is 14.3. The number of anilines is 2. The van der Waals surface area contributed by atoms with E-state index in [1.165, 1.54) is 49.6 Å². The maximum Gasteiger partial charge on any atom is 0.264 e. The number of methoxy groups -OCH3 is 1. The number of hydrogen-bond donors (Lipinski definition) is 2. The van der Waals surface area contributed by atoms with Crippen molar-refractivity contribution in [3.8, 4) is 28.3 Å². The largest absolute Gasteiger partial charge is 0.494 e. The predicted molar refractivity (Wildman–Crippen MR) is 228 cm³/mol. The topological polar surface area (TPSA) is 154 Å². The smallest absolute Gasteiger partial charge is 0.264 e. The molecule has 61 heavy (non-hydrogen) atoms. The molecular formula is C46H38F2N4O7S2. The summed E-state index contributed by atoms with van der Waals surface area (Å²) >= 11 is 0. The SMILES string of the molecule is COc1ccc(-c2nc(Cc3ccccc3)oc2NS(=O)(=O)c2ccccc2)cc1F.Cc1cc(-c2nc(Cc3ccccc3)oc2NS(=O)(=O)c2ccccc2)ccc1F. The summed E-state index contributed by atoms with van der Waals surface area (Å²) in [7, 11) is -6.44. The molecule has 0 radical (unpaired) electrons. The van der Waals surface area contributed by atoms with Crippen LogP contribution in [-0.4, -0.2) is 33.9 Å². The van der Waals surface area contributed by atoms with Crippen molar-refractivity contribution in [2.75, 3.05) is 16.6 Å². The summed E-state index contributed by atoms with van der Waals surface area (Å²) in [6.07, 6.45) is 0.737. The molecule has 0 saturated heterocycles. The monoisotopic (exact) mass is 860 g/mol. The lowest BCUT2D eigenvalue weighted by Gasteiger charge is -2.08. The number of nitrogens with zero attached hydrogens (tertiary/aromatic N) is 2. The number of nitrogens with one attached hydrogen (secondary N) is 2. The molecular weight excluding hydrogens is 823 g/mol. The summed E-state index contributed by atoms with van der Waals surface area (Å²) in [5.74, 6) is -0.312. The summed E-state index contributed by atoms with van der Waals surface area (Å²) in [5.41, 5.74) is 3.74. The van der Waals surface area contributed by atoms with Gasteiger partial charge in [0.1, 0.15) is 17.2 Å². The molecule has 8 rings (SSSR count). The fourth-order valence-electron chi connectivity index (χ4n) is 6.12. The Kier molecular flexibility index (Phi) is 12.7. The van der Waals surface area contributed by atoms with Crippen LogP contribution in [0.25, 0.3) is 22.5 Å². The molecule has 310 valence electrons. The van der Waals surface area contributed by atoms with E-state index in [1.807, 2.05) is 60.7 Å². The van der Waals surface area contributed by atoms with E-state index in [4.69, 9.17) is 13.6 Å². The van der Waals surface area contributed by atoms with Crippen LogP contribution < -0.4 is 14.2 Å². The molecule has 0 aliphatic rings. The van der Waals surface area contributed by atoms with E-state index in [0.717, 1.165) is 11.1 Å². The van der Waals surface area contributed by atoms with Crippen molar-refractivity contribution >= 4 is 31.8 Å². The average molecular weight is 861 g/mol. The lowest BCUT2D eigenvalue weighted by Crippen LogP contribution is -2.13. The molecule has 0 spiro atoms. The van der Waals surface area contributed by atoms with Crippen molar-refractivity contribution in [3.63, 3.8) is 0 Å². The quantitative estimate of drug-likeness (QED) is 0.115. The van der Waals surface area contributed by atoms with Crippen LogP contribution in [0.4, 0.5) is 20.5 Å². The number of aryl methyl sites for hydroxylation is 1. The molecule has 11 nitrogen and oxygen atoms in total. The number of hydrogen-bond acceptors (Lipinski definition) is 9. The molecule has 0 aliphatic carbocycles. The molecule has 0 aliphatic heterocycles. The lowest BCUT2D eigenvalue weighted by atomic mass is 10.1. The van der Waals surface area contributed by atoms with Crippen LogP contribution in [0, 0.1) is 18.6 Å². The second-order valence-corrected chi connectivity index (χ2v) is 16.9. The van der Waals surface area contributed by atoms with Crippen molar-refractivity contribution in [1.29, 1.82) is 0 Å². The fraction of sp³-hybridized carbons (Fsp3) is 0.0870. The Balaban J connectivity index is 0.000000184. The summed E-state index contributed by atoms with van der Waals surface area (Å²) < 4.78 is 101. The van der Waals surface area contributed by atoms with Gasteiger partial charge in [0.25, 0.3) is 20.0 Å². The van der Waals surface area contributed by atoms with E-state index in [-0.39, 0.29) is 38.8 Å². The molecule has 0 fully saturated rings. The first-order valence-electron chi connectivity index (χ1n) is 18.7. The number of halogens is 2. The number of benzene rings is 6. The minimum Gasteiger partial charge on any atom is -0.494 e. The summed E-state index contributed by atoms with van der Waals surface area (Å²) in [4.78, 5) is 9.13. The number of oxazole rings is 2. The number of sulfonamides is 2. The molecule has 0 bridgehead atoms. The molecule has 8 aromatic rings. The van der Waals surface area contributed by atoms with Gasteiger partial charge in [0, 0.05) is 24.0 Å². The van der Waals surface area contributed by atoms with Gasteiger partial charge in [-0.2, -0.15) is 0 Å². The van der Waals surface area contributed by atoms with E-state index in [9.17, 15) is 25.6 Å². The first kappa shape index (κ1) is 42.0. The molecule has 2 aromatic heterocycles. The Morgan fingerprint density at radius 1 is 0.541 bits per heavy atom. The summed E-state index contributed by atoms with van der Waals surface area (Å²) in [5, 5.41) is 0. The minimum absolute atomic E-state index is 0.00390. The third-order valence-corrected chi connectivity index (χ3v) is 11.9. The van der Waals surface area contributed by atoms with Crippen molar-refractivity contribution in [3.05, 3.63) is 198 Å². The van der Waals surface area contributed by atoms with Crippen LogP contribution in [0.1, 0.15) is 28.5 Å². The van der Waals surface area contributed by atoms with Crippen molar-refractivity contribution in [1.82, 2.24) is 9.97 Å². The highest BCUT2D eigenvalue weighted by atomic mass is 32.2. The number of ether oxygens (including phenoxy) is 1. The van der Waals surface area contributed by atoms with Crippen LogP contribution in [0.3, 0.4) is 0 Å². The fourth-order valence-corrected chi connectivity index (χ4v) is 8.15. The van der Waals surface area contributed by atoms with Crippen molar-refractivity contribution < 1.29 is 39.2 Å². The third kappa shape index (κ3) is 10.4. The summed E-state index contributed by atoms with van der Waals surface area (Å²) in [6.45, 7) is 1.64. The van der Waals surface area contributed by atoms with Gasteiger partial charge in [-0.25, -0.2) is 45.0 Å². The minimum atomic E-state index is -3.93.